The van der Waals surface area contributed by atoms with Gasteiger partial charge in [-0.05, 0) is 46.2 Å². The van der Waals surface area contributed by atoms with E-state index in [0.29, 0.717) is 24.6 Å². The van der Waals surface area contributed by atoms with Gasteiger partial charge >= 0.3 is 0 Å². The van der Waals surface area contributed by atoms with Gasteiger partial charge in [0.1, 0.15) is 17.6 Å². The standard InChI is InChI=1S/C19H29N3O2/c1-6-23-18-8-13-7-12(4)24-17(13)10-15(18)14-9-16(14)22-19(20-5)21-11(2)3/h8,10-12,14,16H,6-7,9H2,1-5H3,(H2,20,21,22). The monoisotopic (exact) mass is 331 g/mol. The van der Waals surface area contributed by atoms with E-state index in [4.69, 9.17) is 9.47 Å². The van der Waals surface area contributed by atoms with Gasteiger partial charge in [0.25, 0.3) is 0 Å². The Morgan fingerprint density at radius 3 is 2.88 bits per heavy atom. The van der Waals surface area contributed by atoms with Crippen LogP contribution in [0.25, 0.3) is 0 Å². The number of fused-ring (bicyclic) bond motifs is 1. The summed E-state index contributed by atoms with van der Waals surface area (Å²) in [6, 6.07) is 5.12. The van der Waals surface area contributed by atoms with Crippen LogP contribution in [-0.2, 0) is 6.42 Å². The van der Waals surface area contributed by atoms with Gasteiger partial charge in [-0.1, -0.05) is 0 Å². The molecule has 1 saturated carbocycles. The van der Waals surface area contributed by atoms with E-state index < -0.39 is 0 Å². The number of hydrogen-bond acceptors (Lipinski definition) is 3. The average Bonchev–Trinajstić information content (AvgIpc) is 3.18. The van der Waals surface area contributed by atoms with E-state index in [1.807, 2.05) is 14.0 Å². The Kier molecular flexibility index (Phi) is 4.88. The second-order valence-corrected chi connectivity index (χ2v) is 7.03. The first-order valence-corrected chi connectivity index (χ1v) is 8.97. The number of benzene rings is 1. The summed E-state index contributed by atoms with van der Waals surface area (Å²) in [5, 5.41) is 6.85. The van der Waals surface area contributed by atoms with Crippen molar-refractivity contribution >= 4 is 5.96 Å². The number of hydrogen-bond donors (Lipinski definition) is 2. The molecule has 0 radical (unpaired) electrons. The molecule has 5 nitrogen and oxygen atoms in total. The first-order valence-electron chi connectivity index (χ1n) is 8.97. The van der Waals surface area contributed by atoms with Crippen LogP contribution in [0.3, 0.4) is 0 Å². The predicted molar refractivity (Wildman–Crippen MR) is 97.3 cm³/mol. The van der Waals surface area contributed by atoms with Crippen molar-refractivity contribution in [2.75, 3.05) is 13.7 Å². The minimum Gasteiger partial charge on any atom is -0.494 e. The zero-order valence-electron chi connectivity index (χ0n) is 15.3. The van der Waals surface area contributed by atoms with Crippen molar-refractivity contribution in [3.8, 4) is 11.5 Å². The normalized spacial score (nSPS) is 25.2. The number of nitrogens with one attached hydrogen (secondary N) is 2. The third kappa shape index (κ3) is 3.60. The van der Waals surface area contributed by atoms with Gasteiger partial charge < -0.3 is 20.1 Å². The summed E-state index contributed by atoms with van der Waals surface area (Å²) in [6.45, 7) is 9.06. The molecule has 2 aliphatic rings. The maximum absolute atomic E-state index is 5.94. The van der Waals surface area contributed by atoms with E-state index in [1.54, 1.807) is 0 Å². The summed E-state index contributed by atoms with van der Waals surface area (Å²) < 4.78 is 11.9. The van der Waals surface area contributed by atoms with Crippen LogP contribution < -0.4 is 20.1 Å². The topological polar surface area (TPSA) is 54.9 Å². The molecule has 0 amide bonds. The highest BCUT2D eigenvalue weighted by Crippen LogP contribution is 2.48. The lowest BCUT2D eigenvalue weighted by molar-refractivity contribution is 0.254. The molecule has 3 rings (SSSR count). The van der Waals surface area contributed by atoms with Crippen LogP contribution >= 0.6 is 0 Å². The second-order valence-electron chi connectivity index (χ2n) is 7.03. The first kappa shape index (κ1) is 16.9. The maximum Gasteiger partial charge on any atom is 0.191 e. The summed E-state index contributed by atoms with van der Waals surface area (Å²) in [6.07, 6.45) is 2.31. The molecule has 1 aliphatic heterocycles. The second kappa shape index (κ2) is 6.91. The molecule has 1 aromatic carbocycles. The van der Waals surface area contributed by atoms with Gasteiger partial charge in [-0.25, -0.2) is 0 Å². The molecule has 0 aromatic heterocycles. The van der Waals surface area contributed by atoms with Crippen molar-refractivity contribution in [1.29, 1.82) is 0 Å². The zero-order valence-corrected chi connectivity index (χ0v) is 15.3. The third-order valence-electron chi connectivity index (χ3n) is 4.49. The molecular formula is C19H29N3O2. The quantitative estimate of drug-likeness (QED) is 0.643. The Hall–Kier alpha value is -1.91. The summed E-state index contributed by atoms with van der Waals surface area (Å²) in [5.41, 5.74) is 2.51. The molecular weight excluding hydrogens is 302 g/mol. The van der Waals surface area contributed by atoms with Gasteiger partial charge in [0, 0.05) is 42.6 Å². The molecule has 5 heteroatoms. The molecule has 24 heavy (non-hydrogen) atoms. The lowest BCUT2D eigenvalue weighted by atomic mass is 10.0. The predicted octanol–water partition coefficient (Wildman–Crippen LogP) is 2.84. The fourth-order valence-corrected chi connectivity index (χ4v) is 3.34. The number of ether oxygens (including phenoxy) is 2. The van der Waals surface area contributed by atoms with Crippen molar-refractivity contribution in [3.05, 3.63) is 23.3 Å². The van der Waals surface area contributed by atoms with Crippen LogP contribution in [-0.4, -0.2) is 37.8 Å². The number of aliphatic imine (C=N–C) groups is 1. The van der Waals surface area contributed by atoms with Crippen molar-refractivity contribution in [1.82, 2.24) is 10.6 Å². The first-order chi connectivity index (χ1) is 11.5. The fourth-order valence-electron chi connectivity index (χ4n) is 3.34. The highest BCUT2D eigenvalue weighted by Gasteiger charge is 2.42. The Morgan fingerprint density at radius 2 is 2.21 bits per heavy atom. The van der Waals surface area contributed by atoms with Gasteiger partial charge in [0.15, 0.2) is 5.96 Å². The van der Waals surface area contributed by atoms with Crippen LogP contribution in [0.4, 0.5) is 0 Å². The SMILES string of the molecule is CCOc1cc2c(cc1C1CC1NC(=NC)NC(C)C)OC(C)C2. The average molecular weight is 331 g/mol. The van der Waals surface area contributed by atoms with E-state index in [-0.39, 0.29) is 6.10 Å². The minimum absolute atomic E-state index is 0.256. The fraction of sp³-hybridized carbons (Fsp3) is 0.632. The number of nitrogens with zero attached hydrogens (tertiary/aromatic N) is 1. The van der Waals surface area contributed by atoms with Crippen LogP contribution in [0.2, 0.25) is 0 Å². The Balaban J connectivity index is 1.75. The molecule has 1 aliphatic carbocycles. The largest absolute Gasteiger partial charge is 0.494 e. The van der Waals surface area contributed by atoms with Crippen molar-refractivity contribution in [2.24, 2.45) is 4.99 Å². The van der Waals surface area contributed by atoms with Crippen molar-refractivity contribution in [2.45, 2.75) is 64.6 Å². The molecule has 1 fully saturated rings. The molecule has 1 heterocycles. The maximum atomic E-state index is 5.94. The van der Waals surface area contributed by atoms with Crippen LogP contribution in [0.5, 0.6) is 11.5 Å². The van der Waals surface area contributed by atoms with Gasteiger partial charge in [-0.2, -0.15) is 0 Å². The van der Waals surface area contributed by atoms with E-state index >= 15 is 0 Å². The number of guanidine groups is 1. The van der Waals surface area contributed by atoms with Gasteiger partial charge in [-0.3, -0.25) is 4.99 Å². The molecule has 3 unspecified atom stereocenters. The summed E-state index contributed by atoms with van der Waals surface area (Å²) in [7, 11) is 1.81. The Bertz CT molecular complexity index is 627. The summed E-state index contributed by atoms with van der Waals surface area (Å²) in [4.78, 5) is 4.30. The van der Waals surface area contributed by atoms with Crippen LogP contribution in [0.1, 0.15) is 51.2 Å². The lowest BCUT2D eigenvalue weighted by Crippen LogP contribution is -2.42. The Labute approximate surface area is 144 Å². The van der Waals surface area contributed by atoms with E-state index in [9.17, 15) is 0 Å². The summed E-state index contributed by atoms with van der Waals surface area (Å²) >= 11 is 0. The van der Waals surface area contributed by atoms with Gasteiger partial charge in [0.05, 0.1) is 6.61 Å². The zero-order chi connectivity index (χ0) is 17.3. The van der Waals surface area contributed by atoms with Crippen LogP contribution in [0.15, 0.2) is 17.1 Å². The molecule has 1 aromatic rings. The van der Waals surface area contributed by atoms with Gasteiger partial charge in [0.2, 0.25) is 0 Å². The van der Waals surface area contributed by atoms with Crippen LogP contribution in [0, 0.1) is 0 Å². The molecule has 0 bridgehead atoms. The molecule has 0 spiro atoms. The lowest BCUT2D eigenvalue weighted by Gasteiger charge is -2.16. The van der Waals surface area contributed by atoms with E-state index in [0.717, 1.165) is 30.3 Å². The van der Waals surface area contributed by atoms with E-state index in [1.165, 1.54) is 11.1 Å². The summed E-state index contributed by atoms with van der Waals surface area (Å²) in [5.74, 6) is 3.34. The van der Waals surface area contributed by atoms with Crippen molar-refractivity contribution < 1.29 is 9.47 Å². The number of rotatable bonds is 5. The highest BCUT2D eigenvalue weighted by molar-refractivity contribution is 5.80. The Morgan fingerprint density at radius 1 is 1.42 bits per heavy atom. The third-order valence-corrected chi connectivity index (χ3v) is 4.49. The molecule has 132 valence electrons. The highest BCUT2D eigenvalue weighted by atomic mass is 16.5. The van der Waals surface area contributed by atoms with Crippen molar-refractivity contribution in [3.63, 3.8) is 0 Å². The molecule has 0 saturated heterocycles. The smallest absolute Gasteiger partial charge is 0.191 e. The molecule has 2 N–H and O–H groups in total. The van der Waals surface area contributed by atoms with E-state index in [2.05, 4.69) is 48.5 Å². The molecule has 3 atom stereocenters. The van der Waals surface area contributed by atoms with Gasteiger partial charge in [-0.15, -0.1) is 0 Å². The minimum atomic E-state index is 0.256.